The molecule has 1 aliphatic heterocycles. The molecule has 1 atom stereocenters. The molecule has 0 spiro atoms. The van der Waals surface area contributed by atoms with Crippen molar-refractivity contribution < 1.29 is 23.9 Å². The maximum atomic E-state index is 12.4. The maximum Gasteiger partial charge on any atom is 0.347 e. The molecule has 25 heavy (non-hydrogen) atoms. The van der Waals surface area contributed by atoms with Gasteiger partial charge in [-0.2, -0.15) is 0 Å². The number of nitrogens with zero attached hydrogens (tertiary/aromatic N) is 1. The van der Waals surface area contributed by atoms with Crippen molar-refractivity contribution in [3.8, 4) is 5.75 Å². The predicted octanol–water partition coefficient (Wildman–Crippen LogP) is 2.82. The van der Waals surface area contributed by atoms with Crippen molar-refractivity contribution in [1.29, 1.82) is 0 Å². The average molecular weight is 339 g/mol. The number of imide groups is 1. The van der Waals surface area contributed by atoms with Crippen LogP contribution in [0.1, 0.15) is 34.6 Å². The van der Waals surface area contributed by atoms with E-state index in [-0.39, 0.29) is 18.4 Å². The van der Waals surface area contributed by atoms with Crippen LogP contribution in [0, 0.1) is 0 Å². The zero-order valence-electron chi connectivity index (χ0n) is 13.9. The average Bonchev–Trinajstić information content (AvgIpc) is 2.87. The van der Waals surface area contributed by atoms with Gasteiger partial charge in [0.15, 0.2) is 6.10 Å². The minimum absolute atomic E-state index is 0.283. The molecule has 0 N–H and O–H groups in total. The number of benzene rings is 2. The van der Waals surface area contributed by atoms with Gasteiger partial charge in [0.1, 0.15) is 5.75 Å². The van der Waals surface area contributed by atoms with Gasteiger partial charge < -0.3 is 9.47 Å². The number of rotatable bonds is 5. The summed E-state index contributed by atoms with van der Waals surface area (Å²) in [4.78, 5) is 37.6. The molecule has 1 heterocycles. The van der Waals surface area contributed by atoms with Gasteiger partial charge in [0, 0.05) is 0 Å². The highest BCUT2D eigenvalue weighted by molar-refractivity contribution is 6.34. The quantitative estimate of drug-likeness (QED) is 0.619. The van der Waals surface area contributed by atoms with E-state index in [0.29, 0.717) is 22.6 Å². The molecule has 1 aliphatic rings. The van der Waals surface area contributed by atoms with Gasteiger partial charge in [-0.25, -0.2) is 9.69 Å². The number of ether oxygens (including phenoxy) is 2. The van der Waals surface area contributed by atoms with Crippen LogP contribution >= 0.6 is 0 Å². The van der Waals surface area contributed by atoms with Gasteiger partial charge in [-0.05, 0) is 50.2 Å². The Hall–Kier alpha value is -3.15. The highest BCUT2D eigenvalue weighted by Crippen LogP contribution is 2.29. The van der Waals surface area contributed by atoms with Crippen molar-refractivity contribution in [2.75, 3.05) is 11.5 Å². The number of carbonyl (C=O) groups is 3. The molecule has 2 aromatic rings. The largest absolute Gasteiger partial charge is 0.479 e. The summed E-state index contributed by atoms with van der Waals surface area (Å²) in [7, 11) is 0. The zero-order chi connectivity index (χ0) is 18.0. The smallest absolute Gasteiger partial charge is 0.347 e. The van der Waals surface area contributed by atoms with Gasteiger partial charge in [-0.15, -0.1) is 0 Å². The van der Waals surface area contributed by atoms with Gasteiger partial charge in [-0.3, -0.25) is 9.59 Å². The first-order valence-corrected chi connectivity index (χ1v) is 7.94. The Morgan fingerprint density at radius 1 is 1.00 bits per heavy atom. The summed E-state index contributed by atoms with van der Waals surface area (Å²) in [5.74, 6) is -0.712. The third-order valence-electron chi connectivity index (χ3n) is 3.82. The highest BCUT2D eigenvalue weighted by Gasteiger charge is 2.36. The normalized spacial score (nSPS) is 14.2. The first-order valence-electron chi connectivity index (χ1n) is 7.94. The van der Waals surface area contributed by atoms with E-state index in [4.69, 9.17) is 9.47 Å². The SMILES string of the molecule is CCOC(=O)[C@@H](C)Oc1ccc(N2C(=O)c3ccccc3C2=O)cc1. The second-order valence-corrected chi connectivity index (χ2v) is 5.50. The van der Waals surface area contributed by atoms with Gasteiger partial charge in [-0.1, -0.05) is 12.1 Å². The molecule has 0 saturated heterocycles. The number of carbonyl (C=O) groups excluding carboxylic acids is 3. The fraction of sp³-hybridized carbons (Fsp3) is 0.211. The Morgan fingerprint density at radius 3 is 2.08 bits per heavy atom. The van der Waals surface area contributed by atoms with E-state index in [9.17, 15) is 14.4 Å². The van der Waals surface area contributed by atoms with E-state index < -0.39 is 12.1 Å². The molecule has 6 heteroatoms. The third-order valence-corrected chi connectivity index (χ3v) is 3.82. The van der Waals surface area contributed by atoms with Crippen molar-refractivity contribution in [3.05, 3.63) is 59.7 Å². The van der Waals surface area contributed by atoms with E-state index in [1.807, 2.05) is 0 Å². The van der Waals surface area contributed by atoms with Crippen LogP contribution in [-0.4, -0.2) is 30.5 Å². The molecule has 128 valence electrons. The van der Waals surface area contributed by atoms with Crippen molar-refractivity contribution in [2.45, 2.75) is 20.0 Å². The first-order chi connectivity index (χ1) is 12.0. The summed E-state index contributed by atoms with van der Waals surface area (Å²) in [5.41, 5.74) is 1.23. The van der Waals surface area contributed by atoms with Crippen LogP contribution in [0.25, 0.3) is 0 Å². The van der Waals surface area contributed by atoms with E-state index in [2.05, 4.69) is 0 Å². The van der Waals surface area contributed by atoms with Crippen LogP contribution < -0.4 is 9.64 Å². The van der Waals surface area contributed by atoms with E-state index in [0.717, 1.165) is 4.90 Å². The Bertz CT molecular complexity index is 793. The van der Waals surface area contributed by atoms with Gasteiger partial charge in [0.25, 0.3) is 11.8 Å². The van der Waals surface area contributed by atoms with Gasteiger partial charge >= 0.3 is 5.97 Å². The second kappa shape index (κ2) is 6.76. The Kier molecular flexibility index (Phi) is 4.52. The topological polar surface area (TPSA) is 72.9 Å². The maximum absolute atomic E-state index is 12.4. The first kappa shape index (κ1) is 16.7. The molecule has 2 amide bonds. The van der Waals surface area contributed by atoms with Crippen molar-refractivity contribution in [3.63, 3.8) is 0 Å². The van der Waals surface area contributed by atoms with Crippen molar-refractivity contribution in [1.82, 2.24) is 0 Å². The molecule has 3 rings (SSSR count). The molecule has 0 radical (unpaired) electrons. The summed E-state index contributed by atoms with van der Waals surface area (Å²) in [5, 5.41) is 0. The Morgan fingerprint density at radius 2 is 1.56 bits per heavy atom. The molecular weight excluding hydrogens is 322 g/mol. The van der Waals surface area contributed by atoms with Crippen LogP contribution in [-0.2, 0) is 9.53 Å². The molecule has 0 fully saturated rings. The number of fused-ring (bicyclic) bond motifs is 1. The minimum Gasteiger partial charge on any atom is -0.479 e. The molecule has 0 unspecified atom stereocenters. The standard InChI is InChI=1S/C19H17NO5/c1-3-24-19(23)12(2)25-14-10-8-13(9-11-14)20-17(21)15-6-4-5-7-16(15)18(20)22/h4-12H,3H2,1-2H3/t12-/m1/s1. The molecule has 0 aromatic heterocycles. The lowest BCUT2D eigenvalue weighted by atomic mass is 10.1. The Balaban J connectivity index is 1.77. The predicted molar refractivity (Wildman–Crippen MR) is 90.7 cm³/mol. The van der Waals surface area contributed by atoms with E-state index in [1.54, 1.807) is 62.4 Å². The summed E-state index contributed by atoms with van der Waals surface area (Å²) < 4.78 is 10.4. The van der Waals surface area contributed by atoms with E-state index in [1.165, 1.54) is 0 Å². The number of amides is 2. The Labute approximate surface area is 145 Å². The van der Waals surface area contributed by atoms with Crippen LogP contribution in [0.15, 0.2) is 48.5 Å². The van der Waals surface area contributed by atoms with Gasteiger partial charge in [0.2, 0.25) is 0 Å². The van der Waals surface area contributed by atoms with Crippen LogP contribution in [0.4, 0.5) is 5.69 Å². The fourth-order valence-electron chi connectivity index (χ4n) is 2.61. The van der Waals surface area contributed by atoms with E-state index >= 15 is 0 Å². The number of hydrogen-bond donors (Lipinski definition) is 0. The molecular formula is C19H17NO5. The summed E-state index contributed by atoms with van der Waals surface area (Å²) in [6.07, 6.45) is -0.745. The number of esters is 1. The van der Waals surface area contributed by atoms with Crippen LogP contribution in [0.2, 0.25) is 0 Å². The summed E-state index contributed by atoms with van der Waals surface area (Å²) in [6.45, 7) is 3.60. The van der Waals surface area contributed by atoms with Gasteiger partial charge in [0.05, 0.1) is 23.4 Å². The lowest BCUT2D eigenvalue weighted by Crippen LogP contribution is -2.29. The monoisotopic (exact) mass is 339 g/mol. The fourth-order valence-corrected chi connectivity index (χ4v) is 2.61. The molecule has 0 bridgehead atoms. The lowest BCUT2D eigenvalue weighted by Gasteiger charge is -2.16. The van der Waals surface area contributed by atoms with Crippen LogP contribution in [0.5, 0.6) is 5.75 Å². The lowest BCUT2D eigenvalue weighted by molar-refractivity contribution is -0.150. The summed E-state index contributed by atoms with van der Waals surface area (Å²) >= 11 is 0. The van der Waals surface area contributed by atoms with Crippen molar-refractivity contribution >= 4 is 23.5 Å². The number of anilines is 1. The second-order valence-electron chi connectivity index (χ2n) is 5.50. The summed E-state index contributed by atoms with van der Waals surface area (Å²) in [6, 6.07) is 13.1. The third kappa shape index (κ3) is 3.10. The van der Waals surface area contributed by atoms with Crippen LogP contribution in [0.3, 0.4) is 0 Å². The zero-order valence-corrected chi connectivity index (χ0v) is 13.9. The highest BCUT2D eigenvalue weighted by atomic mass is 16.6. The number of hydrogen-bond acceptors (Lipinski definition) is 5. The minimum atomic E-state index is -0.745. The molecule has 0 saturated carbocycles. The molecule has 0 aliphatic carbocycles. The molecule has 6 nitrogen and oxygen atoms in total. The molecule has 2 aromatic carbocycles. The van der Waals surface area contributed by atoms with Crippen molar-refractivity contribution in [2.24, 2.45) is 0 Å².